The van der Waals surface area contributed by atoms with Crippen LogP contribution in [0.1, 0.15) is 45.0 Å². The van der Waals surface area contributed by atoms with Gasteiger partial charge in [-0.3, -0.25) is 0 Å². The zero-order chi connectivity index (χ0) is 17.0. The van der Waals surface area contributed by atoms with Crippen LogP contribution in [0.25, 0.3) is 0 Å². The molecule has 6 heteroatoms. The average molecular weight is 326 g/mol. The molecule has 1 aliphatic rings. The van der Waals surface area contributed by atoms with E-state index in [1.54, 1.807) is 12.4 Å². The van der Waals surface area contributed by atoms with Crippen LogP contribution in [-0.4, -0.2) is 39.1 Å². The number of hydrogen-bond acceptors (Lipinski definition) is 6. The molecular formula is C18H26N6. The second-order valence-corrected chi connectivity index (χ2v) is 7.38. The van der Waals surface area contributed by atoms with Crippen LogP contribution in [0.2, 0.25) is 0 Å². The Morgan fingerprint density at radius 1 is 1.12 bits per heavy atom. The Morgan fingerprint density at radius 2 is 1.83 bits per heavy atom. The number of nitrogens with zero attached hydrogens (tertiary/aromatic N) is 5. The molecule has 1 aliphatic heterocycles. The van der Waals surface area contributed by atoms with Crippen LogP contribution in [0.15, 0.2) is 30.9 Å². The largest absolute Gasteiger partial charge is 0.339 e. The third kappa shape index (κ3) is 4.26. The summed E-state index contributed by atoms with van der Waals surface area (Å²) in [6.45, 7) is 9.13. The van der Waals surface area contributed by atoms with E-state index in [2.05, 4.69) is 50.9 Å². The highest BCUT2D eigenvalue weighted by Crippen LogP contribution is 2.18. The lowest BCUT2D eigenvalue weighted by Crippen LogP contribution is -2.46. The molecule has 1 fully saturated rings. The Kier molecular flexibility index (Phi) is 5.04. The van der Waals surface area contributed by atoms with E-state index in [0.717, 1.165) is 43.4 Å². The molecule has 128 valence electrons. The minimum atomic E-state index is -0.00842. The Morgan fingerprint density at radius 3 is 2.50 bits per heavy atom. The van der Waals surface area contributed by atoms with Gasteiger partial charge >= 0.3 is 0 Å². The molecule has 0 saturated carbocycles. The summed E-state index contributed by atoms with van der Waals surface area (Å²) in [5.74, 6) is 1.71. The van der Waals surface area contributed by atoms with E-state index in [1.807, 2.05) is 18.5 Å². The van der Waals surface area contributed by atoms with Gasteiger partial charge in [-0.2, -0.15) is 0 Å². The minimum Gasteiger partial charge on any atom is -0.339 e. The molecule has 0 spiro atoms. The second-order valence-electron chi connectivity index (χ2n) is 7.38. The summed E-state index contributed by atoms with van der Waals surface area (Å²) in [7, 11) is 0. The van der Waals surface area contributed by atoms with Gasteiger partial charge in [0.25, 0.3) is 0 Å². The molecule has 0 radical (unpaired) electrons. The first-order valence-corrected chi connectivity index (χ1v) is 8.59. The molecular weight excluding hydrogens is 300 g/mol. The molecule has 1 atom stereocenters. The number of hydrogen-bond donors (Lipinski definition) is 1. The molecule has 2 aromatic rings. The van der Waals surface area contributed by atoms with Crippen molar-refractivity contribution in [2.24, 2.45) is 0 Å². The maximum Gasteiger partial charge on any atom is 0.225 e. The molecule has 1 N–H and O–H groups in total. The first-order chi connectivity index (χ1) is 11.5. The van der Waals surface area contributed by atoms with Crippen molar-refractivity contribution in [2.75, 3.05) is 18.0 Å². The van der Waals surface area contributed by atoms with Gasteiger partial charge in [-0.1, -0.05) is 20.8 Å². The molecule has 3 rings (SSSR count). The molecule has 0 unspecified atom stereocenters. The lowest BCUT2D eigenvalue weighted by atomic mass is 9.96. The van der Waals surface area contributed by atoms with Crippen molar-refractivity contribution in [1.29, 1.82) is 0 Å². The van der Waals surface area contributed by atoms with E-state index in [9.17, 15) is 0 Å². The van der Waals surface area contributed by atoms with E-state index < -0.39 is 0 Å². The molecule has 2 aromatic heterocycles. The predicted octanol–water partition coefficient (Wildman–Crippen LogP) is 2.32. The third-order valence-electron chi connectivity index (χ3n) is 4.23. The maximum atomic E-state index is 4.49. The second kappa shape index (κ2) is 7.21. The molecule has 1 saturated heterocycles. The lowest BCUT2D eigenvalue weighted by Gasteiger charge is -2.33. The standard InChI is InChI=1S/C18H26N6/c1-18(2,3)16-22-11-14(12-23-16)10-21-15-6-4-9-24(13-15)17-19-7-5-8-20-17/h5,7-8,11-12,15,21H,4,6,9-10,13H2,1-3H3/t15-/m0/s1. The van der Waals surface area contributed by atoms with Gasteiger partial charge in [-0.25, -0.2) is 19.9 Å². The predicted molar refractivity (Wildman–Crippen MR) is 94.8 cm³/mol. The fourth-order valence-electron chi connectivity index (χ4n) is 2.88. The molecule has 0 aromatic carbocycles. The van der Waals surface area contributed by atoms with Crippen LogP contribution in [0.3, 0.4) is 0 Å². The monoisotopic (exact) mass is 326 g/mol. The zero-order valence-electron chi connectivity index (χ0n) is 14.7. The molecule has 0 bridgehead atoms. The summed E-state index contributed by atoms with van der Waals surface area (Å²) >= 11 is 0. The summed E-state index contributed by atoms with van der Waals surface area (Å²) in [4.78, 5) is 19.9. The van der Waals surface area contributed by atoms with Crippen molar-refractivity contribution in [3.63, 3.8) is 0 Å². The van der Waals surface area contributed by atoms with E-state index in [-0.39, 0.29) is 5.41 Å². The highest BCUT2D eigenvalue weighted by molar-refractivity contribution is 5.29. The van der Waals surface area contributed by atoms with Crippen molar-refractivity contribution in [3.05, 3.63) is 42.2 Å². The van der Waals surface area contributed by atoms with Crippen LogP contribution in [0.5, 0.6) is 0 Å². The first-order valence-electron chi connectivity index (χ1n) is 8.59. The smallest absolute Gasteiger partial charge is 0.225 e. The van der Waals surface area contributed by atoms with Gasteiger partial charge < -0.3 is 10.2 Å². The Balaban J connectivity index is 1.55. The maximum absolute atomic E-state index is 4.49. The van der Waals surface area contributed by atoms with Gasteiger partial charge in [0.15, 0.2) is 0 Å². The lowest BCUT2D eigenvalue weighted by molar-refractivity contribution is 0.417. The number of anilines is 1. The fraction of sp³-hybridized carbons (Fsp3) is 0.556. The minimum absolute atomic E-state index is 0.00842. The van der Waals surface area contributed by atoms with Crippen LogP contribution in [0, 0.1) is 0 Å². The molecule has 3 heterocycles. The van der Waals surface area contributed by atoms with Gasteiger partial charge in [-0.05, 0) is 18.9 Å². The molecule has 0 amide bonds. The van der Waals surface area contributed by atoms with Gasteiger partial charge in [0, 0.05) is 61.4 Å². The van der Waals surface area contributed by atoms with Gasteiger partial charge in [0.05, 0.1) is 0 Å². The van der Waals surface area contributed by atoms with Gasteiger partial charge in [-0.15, -0.1) is 0 Å². The number of nitrogens with one attached hydrogen (secondary N) is 1. The summed E-state index contributed by atoms with van der Waals surface area (Å²) in [5.41, 5.74) is 1.11. The Hall–Kier alpha value is -2.08. The van der Waals surface area contributed by atoms with E-state index >= 15 is 0 Å². The first kappa shape index (κ1) is 16.8. The average Bonchev–Trinajstić information content (AvgIpc) is 2.61. The van der Waals surface area contributed by atoms with E-state index in [4.69, 9.17) is 0 Å². The Labute approximate surface area is 143 Å². The number of aromatic nitrogens is 4. The van der Waals surface area contributed by atoms with Crippen LogP contribution in [0.4, 0.5) is 5.95 Å². The van der Waals surface area contributed by atoms with Crippen molar-refractivity contribution >= 4 is 5.95 Å². The van der Waals surface area contributed by atoms with Gasteiger partial charge in [0.2, 0.25) is 5.95 Å². The summed E-state index contributed by atoms with van der Waals surface area (Å²) in [6, 6.07) is 2.29. The van der Waals surface area contributed by atoms with Crippen LogP contribution < -0.4 is 10.2 Å². The quantitative estimate of drug-likeness (QED) is 0.930. The van der Waals surface area contributed by atoms with Crippen molar-refractivity contribution in [3.8, 4) is 0 Å². The van der Waals surface area contributed by atoms with Crippen molar-refractivity contribution in [1.82, 2.24) is 25.3 Å². The van der Waals surface area contributed by atoms with Crippen LogP contribution >= 0.6 is 0 Å². The highest BCUT2D eigenvalue weighted by Gasteiger charge is 2.21. The normalized spacial score (nSPS) is 18.6. The van der Waals surface area contributed by atoms with Gasteiger partial charge in [0.1, 0.15) is 5.82 Å². The van der Waals surface area contributed by atoms with Crippen molar-refractivity contribution in [2.45, 2.75) is 51.6 Å². The summed E-state index contributed by atoms with van der Waals surface area (Å²) in [6.07, 6.45) is 9.78. The zero-order valence-corrected chi connectivity index (χ0v) is 14.7. The summed E-state index contributed by atoms with van der Waals surface area (Å²) in [5, 5.41) is 3.62. The van der Waals surface area contributed by atoms with Crippen LogP contribution in [-0.2, 0) is 12.0 Å². The molecule has 24 heavy (non-hydrogen) atoms. The van der Waals surface area contributed by atoms with E-state index in [0.29, 0.717) is 6.04 Å². The van der Waals surface area contributed by atoms with Crippen molar-refractivity contribution < 1.29 is 0 Å². The highest BCUT2D eigenvalue weighted by atomic mass is 15.3. The number of piperidine rings is 1. The SMILES string of the molecule is CC(C)(C)c1ncc(CN[C@H]2CCCN(c3ncccn3)C2)cn1. The molecule has 0 aliphatic carbocycles. The summed E-state index contributed by atoms with van der Waals surface area (Å²) < 4.78 is 0. The Bertz CT molecular complexity index is 635. The third-order valence-corrected chi connectivity index (χ3v) is 4.23. The van der Waals surface area contributed by atoms with E-state index in [1.165, 1.54) is 6.42 Å². The number of rotatable bonds is 4. The fourth-order valence-corrected chi connectivity index (χ4v) is 2.88. The topological polar surface area (TPSA) is 66.8 Å². The molecule has 6 nitrogen and oxygen atoms in total.